The molecule has 0 saturated carbocycles. The highest BCUT2D eigenvalue weighted by Crippen LogP contribution is 2.24. The lowest BCUT2D eigenvalue weighted by molar-refractivity contribution is 0.0232. The molecular weight excluding hydrogens is 244 g/mol. The molecule has 104 valence electrons. The van der Waals surface area contributed by atoms with Gasteiger partial charge in [0.05, 0.1) is 30.2 Å². The summed E-state index contributed by atoms with van der Waals surface area (Å²) < 4.78 is 10.2. The molecule has 1 aromatic carbocycles. The topological polar surface area (TPSA) is 73.6 Å². The van der Waals surface area contributed by atoms with Crippen LogP contribution in [0.25, 0.3) is 0 Å². The van der Waals surface area contributed by atoms with E-state index in [1.165, 1.54) is 7.11 Å². The van der Waals surface area contributed by atoms with Crippen LogP contribution in [0.2, 0.25) is 0 Å². The number of nitrogens with one attached hydrogen (secondary N) is 1. The first-order valence-electron chi connectivity index (χ1n) is 6.46. The summed E-state index contributed by atoms with van der Waals surface area (Å²) in [5.41, 5.74) is 7.85. The van der Waals surface area contributed by atoms with Crippen LogP contribution in [0.3, 0.4) is 0 Å². The lowest BCUT2D eigenvalue weighted by Gasteiger charge is -2.29. The fourth-order valence-corrected chi connectivity index (χ4v) is 2.28. The van der Waals surface area contributed by atoms with Crippen LogP contribution in [-0.2, 0) is 9.47 Å². The molecular formula is C14H20N2O3. The Labute approximate surface area is 113 Å². The molecule has 2 rings (SSSR count). The maximum Gasteiger partial charge on any atom is 0.337 e. The largest absolute Gasteiger partial charge is 0.465 e. The van der Waals surface area contributed by atoms with E-state index in [1.807, 2.05) is 0 Å². The van der Waals surface area contributed by atoms with E-state index in [0.717, 1.165) is 25.1 Å². The first-order chi connectivity index (χ1) is 9.10. The Morgan fingerprint density at radius 2 is 2.32 bits per heavy atom. The monoisotopic (exact) mass is 264 g/mol. The highest BCUT2D eigenvalue weighted by atomic mass is 16.5. The number of benzene rings is 1. The van der Waals surface area contributed by atoms with Gasteiger partial charge in [0.25, 0.3) is 0 Å². The minimum Gasteiger partial charge on any atom is -0.465 e. The van der Waals surface area contributed by atoms with Gasteiger partial charge in [0.15, 0.2) is 0 Å². The van der Waals surface area contributed by atoms with Gasteiger partial charge in [-0.3, -0.25) is 0 Å². The average Bonchev–Trinajstić information content (AvgIpc) is 2.40. The zero-order chi connectivity index (χ0) is 13.8. The molecule has 1 aliphatic rings. The Bertz CT molecular complexity index is 462. The Morgan fingerprint density at radius 3 is 3.00 bits per heavy atom. The number of hydrogen-bond acceptors (Lipinski definition) is 5. The van der Waals surface area contributed by atoms with Gasteiger partial charge in [0.1, 0.15) is 0 Å². The van der Waals surface area contributed by atoms with Crippen molar-refractivity contribution in [1.82, 2.24) is 0 Å². The third kappa shape index (κ3) is 3.38. The van der Waals surface area contributed by atoms with Crippen molar-refractivity contribution in [2.45, 2.75) is 31.9 Å². The van der Waals surface area contributed by atoms with E-state index in [-0.39, 0.29) is 12.1 Å². The van der Waals surface area contributed by atoms with Crippen LogP contribution >= 0.6 is 0 Å². The standard InChI is InChI=1S/C14H20N2O3/c1-9-7-11(5-6-19-9)16-13-8-10(14(17)18-2)3-4-12(13)15/h3-4,8-9,11,16H,5-7,15H2,1-2H3. The normalized spacial score (nSPS) is 22.8. The second kappa shape index (κ2) is 5.93. The molecule has 0 amide bonds. The maximum absolute atomic E-state index is 11.5. The molecule has 1 saturated heterocycles. The summed E-state index contributed by atoms with van der Waals surface area (Å²) in [6, 6.07) is 5.44. The number of anilines is 2. The summed E-state index contributed by atoms with van der Waals surface area (Å²) in [6.07, 6.45) is 2.12. The molecule has 5 nitrogen and oxygen atoms in total. The van der Waals surface area contributed by atoms with Crippen molar-refractivity contribution in [1.29, 1.82) is 0 Å². The molecule has 0 aliphatic carbocycles. The van der Waals surface area contributed by atoms with Crippen molar-refractivity contribution in [3.63, 3.8) is 0 Å². The number of nitrogen functional groups attached to an aromatic ring is 1. The molecule has 2 unspecified atom stereocenters. The number of esters is 1. The highest BCUT2D eigenvalue weighted by Gasteiger charge is 2.20. The number of carbonyl (C=O) groups excluding carboxylic acids is 1. The molecule has 1 aliphatic heterocycles. The minimum absolute atomic E-state index is 0.247. The van der Waals surface area contributed by atoms with Crippen LogP contribution in [-0.4, -0.2) is 31.8 Å². The molecule has 0 aromatic heterocycles. The molecule has 1 fully saturated rings. The fourth-order valence-electron chi connectivity index (χ4n) is 2.28. The second-order valence-corrected chi connectivity index (χ2v) is 4.84. The van der Waals surface area contributed by atoms with Gasteiger partial charge in [-0.1, -0.05) is 0 Å². The average molecular weight is 264 g/mol. The molecule has 0 radical (unpaired) electrons. The van der Waals surface area contributed by atoms with E-state index in [1.54, 1.807) is 18.2 Å². The Morgan fingerprint density at radius 1 is 1.53 bits per heavy atom. The fraction of sp³-hybridized carbons (Fsp3) is 0.500. The summed E-state index contributed by atoms with van der Waals surface area (Å²) in [6.45, 7) is 2.80. The number of ether oxygens (including phenoxy) is 2. The lowest BCUT2D eigenvalue weighted by atomic mass is 10.0. The third-order valence-corrected chi connectivity index (χ3v) is 3.32. The first-order valence-corrected chi connectivity index (χ1v) is 6.46. The molecule has 0 spiro atoms. The predicted octanol–water partition coefficient (Wildman–Crippen LogP) is 2.03. The first kappa shape index (κ1) is 13.7. The van der Waals surface area contributed by atoms with Crippen molar-refractivity contribution in [3.8, 4) is 0 Å². The smallest absolute Gasteiger partial charge is 0.337 e. The molecule has 2 atom stereocenters. The van der Waals surface area contributed by atoms with Crippen molar-refractivity contribution in [2.75, 3.05) is 24.8 Å². The molecule has 1 heterocycles. The molecule has 3 N–H and O–H groups in total. The summed E-state index contributed by atoms with van der Waals surface area (Å²) in [5, 5.41) is 3.39. The van der Waals surface area contributed by atoms with Crippen LogP contribution in [0.4, 0.5) is 11.4 Å². The Balaban J connectivity index is 2.12. The van der Waals surface area contributed by atoms with Gasteiger partial charge < -0.3 is 20.5 Å². The number of rotatable bonds is 3. The molecule has 0 bridgehead atoms. The van der Waals surface area contributed by atoms with Gasteiger partial charge in [0.2, 0.25) is 0 Å². The van der Waals surface area contributed by atoms with Crippen molar-refractivity contribution in [2.24, 2.45) is 0 Å². The third-order valence-electron chi connectivity index (χ3n) is 3.32. The lowest BCUT2D eigenvalue weighted by Crippen LogP contribution is -2.32. The molecule has 19 heavy (non-hydrogen) atoms. The summed E-state index contributed by atoms with van der Waals surface area (Å²) >= 11 is 0. The zero-order valence-corrected chi connectivity index (χ0v) is 11.3. The maximum atomic E-state index is 11.5. The van der Waals surface area contributed by atoms with Crippen LogP contribution in [0.15, 0.2) is 18.2 Å². The van der Waals surface area contributed by atoms with Gasteiger partial charge in [-0.25, -0.2) is 4.79 Å². The van der Waals surface area contributed by atoms with Crippen molar-refractivity contribution < 1.29 is 14.3 Å². The Hall–Kier alpha value is -1.75. The van der Waals surface area contributed by atoms with E-state index in [0.29, 0.717) is 17.3 Å². The van der Waals surface area contributed by atoms with Crippen molar-refractivity contribution in [3.05, 3.63) is 23.8 Å². The van der Waals surface area contributed by atoms with Crippen LogP contribution in [0, 0.1) is 0 Å². The van der Waals surface area contributed by atoms with E-state index in [9.17, 15) is 4.79 Å². The summed E-state index contributed by atoms with van der Waals surface area (Å²) in [4.78, 5) is 11.5. The minimum atomic E-state index is -0.358. The zero-order valence-electron chi connectivity index (χ0n) is 11.3. The van der Waals surface area contributed by atoms with Gasteiger partial charge >= 0.3 is 5.97 Å². The quantitative estimate of drug-likeness (QED) is 0.645. The molecule has 5 heteroatoms. The van der Waals surface area contributed by atoms with Gasteiger partial charge in [-0.05, 0) is 38.0 Å². The Kier molecular flexibility index (Phi) is 4.27. The summed E-state index contributed by atoms with van der Waals surface area (Å²) in [7, 11) is 1.37. The molecule has 1 aromatic rings. The number of hydrogen-bond donors (Lipinski definition) is 2. The second-order valence-electron chi connectivity index (χ2n) is 4.84. The van der Waals surface area contributed by atoms with E-state index >= 15 is 0 Å². The van der Waals surface area contributed by atoms with Crippen LogP contribution < -0.4 is 11.1 Å². The van der Waals surface area contributed by atoms with E-state index in [4.69, 9.17) is 15.2 Å². The van der Waals surface area contributed by atoms with Gasteiger partial charge in [-0.15, -0.1) is 0 Å². The van der Waals surface area contributed by atoms with Crippen LogP contribution in [0.5, 0.6) is 0 Å². The van der Waals surface area contributed by atoms with E-state index in [2.05, 4.69) is 12.2 Å². The van der Waals surface area contributed by atoms with Gasteiger partial charge in [0, 0.05) is 12.6 Å². The number of carbonyl (C=O) groups is 1. The predicted molar refractivity (Wildman–Crippen MR) is 74.3 cm³/mol. The SMILES string of the molecule is COC(=O)c1ccc(N)c(NC2CCOC(C)C2)c1. The van der Waals surface area contributed by atoms with Crippen LogP contribution in [0.1, 0.15) is 30.1 Å². The number of nitrogens with two attached hydrogens (primary N) is 1. The van der Waals surface area contributed by atoms with Gasteiger partial charge in [-0.2, -0.15) is 0 Å². The summed E-state index contributed by atoms with van der Waals surface area (Å²) in [5.74, 6) is -0.358. The van der Waals surface area contributed by atoms with E-state index < -0.39 is 0 Å². The number of methoxy groups -OCH3 is 1. The highest BCUT2D eigenvalue weighted by molar-refractivity contribution is 5.91. The van der Waals surface area contributed by atoms with Crippen molar-refractivity contribution >= 4 is 17.3 Å².